The van der Waals surface area contributed by atoms with Gasteiger partial charge in [0.15, 0.2) is 0 Å². The number of amides is 1. The molecule has 0 radical (unpaired) electrons. The second-order valence-electron chi connectivity index (χ2n) is 7.70. The van der Waals surface area contributed by atoms with Crippen molar-refractivity contribution in [1.82, 2.24) is 10.3 Å². The van der Waals surface area contributed by atoms with Crippen LogP contribution in [0.3, 0.4) is 0 Å². The number of oxime groups is 1. The molecule has 2 atom stereocenters. The number of hydrogen-bond acceptors (Lipinski definition) is 5. The van der Waals surface area contributed by atoms with Crippen LogP contribution in [0, 0.1) is 5.92 Å². The van der Waals surface area contributed by atoms with Gasteiger partial charge in [-0.05, 0) is 35.6 Å². The molecule has 0 aliphatic carbocycles. The van der Waals surface area contributed by atoms with Gasteiger partial charge in [-0.2, -0.15) is 0 Å². The Morgan fingerprint density at radius 1 is 1.15 bits per heavy atom. The van der Waals surface area contributed by atoms with Crippen LogP contribution in [0.1, 0.15) is 29.4 Å². The van der Waals surface area contributed by atoms with Crippen molar-refractivity contribution in [2.45, 2.75) is 32.2 Å². The first-order valence-electron chi connectivity index (χ1n) is 10.5. The largest absolute Gasteiger partial charge is 0.573 e. The highest BCUT2D eigenvalue weighted by molar-refractivity contribution is 6.06. The van der Waals surface area contributed by atoms with Gasteiger partial charge in [-0.25, -0.2) is 0 Å². The fourth-order valence-electron chi connectivity index (χ4n) is 3.99. The quantitative estimate of drug-likeness (QED) is 0.549. The number of fused-ring (bicyclic) bond motifs is 1. The third kappa shape index (κ3) is 5.42. The van der Waals surface area contributed by atoms with Gasteiger partial charge in [0.1, 0.15) is 17.5 Å². The molecule has 0 bridgehead atoms. The summed E-state index contributed by atoms with van der Waals surface area (Å²) in [7, 11) is 0. The molecule has 9 heteroatoms. The van der Waals surface area contributed by atoms with E-state index < -0.39 is 6.36 Å². The van der Waals surface area contributed by atoms with Gasteiger partial charge in [-0.1, -0.05) is 48.5 Å². The van der Waals surface area contributed by atoms with Gasteiger partial charge in [-0.15, -0.1) is 13.2 Å². The molecule has 0 spiro atoms. The third-order valence-electron chi connectivity index (χ3n) is 5.51. The summed E-state index contributed by atoms with van der Waals surface area (Å²) >= 11 is 0. The number of aromatic nitrogens is 1. The monoisotopic (exact) mass is 457 g/mol. The minimum Gasteiger partial charge on any atom is -0.406 e. The maximum atomic E-state index is 12.8. The molecule has 1 amide bonds. The maximum absolute atomic E-state index is 12.8. The molecule has 4 rings (SSSR count). The van der Waals surface area contributed by atoms with Gasteiger partial charge in [0, 0.05) is 23.9 Å². The van der Waals surface area contributed by atoms with E-state index in [1.807, 2.05) is 37.3 Å². The van der Waals surface area contributed by atoms with Crippen LogP contribution in [0.5, 0.6) is 5.75 Å². The Balaban J connectivity index is 1.39. The van der Waals surface area contributed by atoms with Crippen molar-refractivity contribution < 1.29 is 27.5 Å². The molecular formula is C24H22F3N3O3. The van der Waals surface area contributed by atoms with E-state index in [0.717, 1.165) is 10.8 Å². The standard InChI is InChI=1S/C24H22F3N3O3/c1-2-18-20(14-29-23(31)22-19-9-4-3-7-16(19)10-11-28-22)30-33-21(18)13-15-6-5-8-17(12-15)32-24(25,26)27/h3-12,18,21H,2,13-14H2,1H3,(H,29,31). The average molecular weight is 457 g/mol. The van der Waals surface area contributed by atoms with E-state index in [0.29, 0.717) is 29.8 Å². The molecule has 3 aromatic rings. The lowest BCUT2D eigenvalue weighted by Gasteiger charge is -2.18. The third-order valence-corrected chi connectivity index (χ3v) is 5.51. The number of ether oxygens (including phenoxy) is 1. The highest BCUT2D eigenvalue weighted by Gasteiger charge is 2.34. The topological polar surface area (TPSA) is 72.8 Å². The number of rotatable bonds is 7. The highest BCUT2D eigenvalue weighted by Crippen LogP contribution is 2.28. The molecule has 2 heterocycles. The van der Waals surface area contributed by atoms with E-state index in [9.17, 15) is 18.0 Å². The Labute approximate surface area is 188 Å². The SMILES string of the molecule is CCC1C(CNC(=O)c2nccc3ccccc23)=NOC1Cc1cccc(OC(F)(F)F)c1. The predicted molar refractivity (Wildman–Crippen MR) is 117 cm³/mol. The van der Waals surface area contributed by atoms with Crippen molar-refractivity contribution >= 4 is 22.4 Å². The number of nitrogens with one attached hydrogen (secondary N) is 1. The van der Waals surface area contributed by atoms with E-state index >= 15 is 0 Å². The lowest BCUT2D eigenvalue weighted by Crippen LogP contribution is -2.35. The van der Waals surface area contributed by atoms with E-state index in [2.05, 4.69) is 20.2 Å². The number of hydrogen-bond donors (Lipinski definition) is 1. The van der Waals surface area contributed by atoms with Crippen LogP contribution in [-0.4, -0.2) is 35.6 Å². The smallest absolute Gasteiger partial charge is 0.406 e. The molecule has 1 aliphatic heterocycles. The number of carbonyl (C=O) groups excluding carboxylic acids is 1. The number of benzene rings is 2. The molecule has 172 valence electrons. The lowest BCUT2D eigenvalue weighted by atomic mass is 9.90. The van der Waals surface area contributed by atoms with Crippen LogP contribution in [-0.2, 0) is 11.3 Å². The van der Waals surface area contributed by atoms with Gasteiger partial charge in [0.05, 0.1) is 12.3 Å². The molecule has 6 nitrogen and oxygen atoms in total. The van der Waals surface area contributed by atoms with Crippen LogP contribution in [0.2, 0.25) is 0 Å². The molecule has 0 saturated carbocycles. The van der Waals surface area contributed by atoms with E-state index in [4.69, 9.17) is 4.84 Å². The number of pyridine rings is 1. The zero-order chi connectivity index (χ0) is 23.4. The molecule has 2 unspecified atom stereocenters. The van der Waals surface area contributed by atoms with E-state index in [1.165, 1.54) is 18.2 Å². The van der Waals surface area contributed by atoms with Gasteiger partial charge in [-0.3, -0.25) is 9.78 Å². The van der Waals surface area contributed by atoms with E-state index in [-0.39, 0.29) is 30.2 Å². The molecule has 0 fully saturated rings. The molecule has 1 aromatic heterocycles. The van der Waals surface area contributed by atoms with Gasteiger partial charge in [0.25, 0.3) is 5.91 Å². The van der Waals surface area contributed by atoms with Crippen molar-refractivity contribution in [2.24, 2.45) is 11.1 Å². The molecule has 33 heavy (non-hydrogen) atoms. The van der Waals surface area contributed by atoms with Gasteiger partial charge in [0.2, 0.25) is 0 Å². The van der Waals surface area contributed by atoms with Crippen LogP contribution in [0.15, 0.2) is 65.9 Å². The summed E-state index contributed by atoms with van der Waals surface area (Å²) in [6.45, 7) is 2.16. The zero-order valence-corrected chi connectivity index (χ0v) is 17.8. The molecule has 2 aromatic carbocycles. The number of alkyl halides is 3. The van der Waals surface area contributed by atoms with Gasteiger partial charge >= 0.3 is 6.36 Å². The Hall–Kier alpha value is -3.62. The van der Waals surface area contributed by atoms with Gasteiger partial charge < -0.3 is 14.9 Å². The second-order valence-corrected chi connectivity index (χ2v) is 7.70. The molecule has 1 N–H and O–H groups in total. The first-order chi connectivity index (χ1) is 15.8. The maximum Gasteiger partial charge on any atom is 0.573 e. The van der Waals surface area contributed by atoms with Crippen molar-refractivity contribution in [3.05, 3.63) is 72.1 Å². The summed E-state index contributed by atoms with van der Waals surface area (Å²) in [4.78, 5) is 22.6. The van der Waals surface area contributed by atoms with Crippen molar-refractivity contribution in [2.75, 3.05) is 6.54 Å². The molecule has 1 aliphatic rings. The van der Waals surface area contributed by atoms with Crippen molar-refractivity contribution in [1.29, 1.82) is 0 Å². The first-order valence-corrected chi connectivity index (χ1v) is 10.5. The minimum atomic E-state index is -4.75. The summed E-state index contributed by atoms with van der Waals surface area (Å²) in [5.74, 6) is -0.676. The predicted octanol–water partition coefficient (Wildman–Crippen LogP) is 4.89. The Bertz CT molecular complexity index is 1170. The minimum absolute atomic E-state index is 0.0852. The number of carbonyl (C=O) groups is 1. The summed E-state index contributed by atoms with van der Waals surface area (Å²) < 4.78 is 41.5. The first kappa shape index (κ1) is 22.6. The van der Waals surface area contributed by atoms with Crippen molar-refractivity contribution in [3.8, 4) is 5.75 Å². The second kappa shape index (κ2) is 9.48. The van der Waals surface area contributed by atoms with Crippen LogP contribution >= 0.6 is 0 Å². The summed E-state index contributed by atoms with van der Waals surface area (Å²) in [6.07, 6.45) is -2.44. The lowest BCUT2D eigenvalue weighted by molar-refractivity contribution is -0.274. The summed E-state index contributed by atoms with van der Waals surface area (Å²) in [5, 5.41) is 8.68. The molecule has 0 saturated heterocycles. The fraction of sp³-hybridized carbons (Fsp3) is 0.292. The summed E-state index contributed by atoms with van der Waals surface area (Å²) in [6, 6.07) is 15.2. The van der Waals surface area contributed by atoms with Crippen LogP contribution in [0.25, 0.3) is 10.8 Å². The molecular weight excluding hydrogens is 435 g/mol. The zero-order valence-electron chi connectivity index (χ0n) is 17.8. The Morgan fingerprint density at radius 2 is 1.97 bits per heavy atom. The summed E-state index contributed by atoms with van der Waals surface area (Å²) in [5.41, 5.74) is 1.65. The Morgan fingerprint density at radius 3 is 2.76 bits per heavy atom. The van der Waals surface area contributed by atoms with Crippen LogP contribution in [0.4, 0.5) is 13.2 Å². The average Bonchev–Trinajstić information content (AvgIpc) is 3.17. The van der Waals surface area contributed by atoms with E-state index in [1.54, 1.807) is 12.3 Å². The Kier molecular flexibility index (Phi) is 6.48. The number of halogens is 3. The highest BCUT2D eigenvalue weighted by atomic mass is 19.4. The fourth-order valence-corrected chi connectivity index (χ4v) is 3.99. The van der Waals surface area contributed by atoms with Crippen molar-refractivity contribution in [3.63, 3.8) is 0 Å². The number of nitrogens with zero attached hydrogens (tertiary/aromatic N) is 2. The van der Waals surface area contributed by atoms with Crippen LogP contribution < -0.4 is 10.1 Å². The normalized spacial score (nSPS) is 18.0.